The number of carbonyl (C=O) groups is 3. The highest BCUT2D eigenvalue weighted by atomic mass is 16.7. The zero-order chi connectivity index (χ0) is 54.1. The van der Waals surface area contributed by atoms with Gasteiger partial charge in [-0.3, -0.25) is 9.59 Å². The molecule has 0 aliphatic carbocycles. The lowest BCUT2D eigenvalue weighted by Crippen LogP contribution is -2.44. The lowest BCUT2D eigenvalue weighted by Gasteiger charge is -2.26. The Balaban J connectivity index is 4.09. The average molecular weight is 1050 g/mol. The zero-order valence-corrected chi connectivity index (χ0v) is 50.3. The van der Waals surface area contributed by atoms with Gasteiger partial charge < -0.3 is 33.3 Å². The van der Waals surface area contributed by atoms with Gasteiger partial charge in [-0.1, -0.05) is 316 Å². The van der Waals surface area contributed by atoms with E-state index < -0.39 is 24.3 Å². The second-order valence-electron chi connectivity index (χ2n) is 23.8. The smallest absolute Gasteiger partial charge is 0.306 e. The first-order valence-corrected chi connectivity index (χ1v) is 32.7. The molecule has 0 heterocycles. The van der Waals surface area contributed by atoms with Crippen molar-refractivity contribution in [2.45, 2.75) is 354 Å². The quantitative estimate of drug-likeness (QED) is 0.0256. The van der Waals surface area contributed by atoms with E-state index in [1.54, 1.807) is 0 Å². The summed E-state index contributed by atoms with van der Waals surface area (Å²) < 4.78 is 22.8. The molecule has 0 aromatic carbocycles. The molecule has 9 heteroatoms. The van der Waals surface area contributed by atoms with Crippen molar-refractivity contribution in [1.29, 1.82) is 0 Å². The highest BCUT2D eigenvalue weighted by Crippen LogP contribution is 2.19. The van der Waals surface area contributed by atoms with E-state index in [4.69, 9.17) is 18.9 Å². The third-order valence-electron chi connectivity index (χ3n) is 15.1. The largest absolute Gasteiger partial charge is 0.545 e. The number of rotatable bonds is 62. The SMILES string of the molecule is CCCCCCCCCCCCCCCCCCCCCCCCCCCCCC(=O)OC(COC(=O)CCCCCCCCCCCCCCCCCCCCCCCC)COC(OCC[N+](C)(C)C)C(=O)[O-]. The standard InChI is InChI=1S/C65H127NO8/c1-6-8-10-12-14-16-18-20-22-24-26-28-30-31-32-33-34-36-38-40-42-44-46-48-50-52-54-56-63(68)74-61(60-73-65(64(69)70)71-58-57-66(3,4)5)59-72-62(67)55-53-51-49-47-45-43-41-39-37-35-29-27-25-23-21-19-17-15-13-11-9-7-2/h61,65H,6-60H2,1-5H3. The fourth-order valence-electron chi connectivity index (χ4n) is 10.1. The van der Waals surface area contributed by atoms with Crippen LogP contribution < -0.4 is 5.11 Å². The van der Waals surface area contributed by atoms with E-state index >= 15 is 0 Å². The minimum absolute atomic E-state index is 0.154. The number of carboxylic acid groups (broad SMARTS) is 1. The molecule has 2 unspecified atom stereocenters. The van der Waals surface area contributed by atoms with Crippen molar-refractivity contribution in [2.24, 2.45) is 0 Å². The molecule has 0 aromatic heterocycles. The number of hydrogen-bond donors (Lipinski definition) is 0. The fraction of sp³-hybridized carbons (Fsp3) is 0.954. The maximum absolute atomic E-state index is 12.9. The monoisotopic (exact) mass is 1050 g/mol. The predicted octanol–water partition coefficient (Wildman–Crippen LogP) is 18.2. The van der Waals surface area contributed by atoms with Crippen LogP contribution in [0, 0.1) is 0 Å². The third-order valence-corrected chi connectivity index (χ3v) is 15.1. The average Bonchev–Trinajstić information content (AvgIpc) is 3.37. The molecule has 440 valence electrons. The van der Waals surface area contributed by atoms with Crippen molar-refractivity contribution in [2.75, 3.05) is 47.5 Å². The molecule has 0 aliphatic rings. The van der Waals surface area contributed by atoms with Gasteiger partial charge in [0.05, 0.1) is 40.3 Å². The number of hydrogen-bond acceptors (Lipinski definition) is 8. The van der Waals surface area contributed by atoms with Crippen LogP contribution in [0.2, 0.25) is 0 Å². The number of carboxylic acids is 1. The normalized spacial score (nSPS) is 12.6. The molecule has 2 atom stereocenters. The van der Waals surface area contributed by atoms with Crippen LogP contribution in [0.5, 0.6) is 0 Å². The van der Waals surface area contributed by atoms with Crippen LogP contribution in [-0.4, -0.2) is 82.3 Å². The molecule has 0 aromatic rings. The van der Waals surface area contributed by atoms with E-state index in [-0.39, 0.29) is 32.2 Å². The number of carbonyl (C=O) groups excluding carboxylic acids is 3. The molecular formula is C65H127NO8. The van der Waals surface area contributed by atoms with Gasteiger partial charge in [0.15, 0.2) is 12.4 Å². The number of likely N-dealkylation sites (N-methyl/N-ethyl adjacent to an activating group) is 1. The van der Waals surface area contributed by atoms with Crippen LogP contribution in [0.1, 0.15) is 341 Å². The molecule has 74 heavy (non-hydrogen) atoms. The van der Waals surface area contributed by atoms with Crippen LogP contribution in [-0.2, 0) is 33.3 Å². The van der Waals surface area contributed by atoms with Gasteiger partial charge in [-0.2, -0.15) is 0 Å². The fourth-order valence-corrected chi connectivity index (χ4v) is 10.1. The number of ether oxygens (including phenoxy) is 4. The predicted molar refractivity (Wildman–Crippen MR) is 311 cm³/mol. The summed E-state index contributed by atoms with van der Waals surface area (Å²) in [4.78, 5) is 37.4. The minimum atomic E-state index is -1.61. The lowest BCUT2D eigenvalue weighted by molar-refractivity contribution is -0.870. The first-order valence-electron chi connectivity index (χ1n) is 32.7. The van der Waals surface area contributed by atoms with Crippen LogP contribution in [0.25, 0.3) is 0 Å². The molecule has 0 fully saturated rings. The van der Waals surface area contributed by atoms with Crippen molar-refractivity contribution in [3.05, 3.63) is 0 Å². The molecule has 0 radical (unpaired) electrons. The second kappa shape index (κ2) is 57.5. The summed E-state index contributed by atoms with van der Waals surface area (Å²) in [6.45, 7) is 4.84. The van der Waals surface area contributed by atoms with Gasteiger partial charge in [0.1, 0.15) is 13.2 Å². The summed E-state index contributed by atoms with van der Waals surface area (Å²) >= 11 is 0. The summed E-state index contributed by atoms with van der Waals surface area (Å²) in [5.41, 5.74) is 0. The molecule has 0 saturated carbocycles. The van der Waals surface area contributed by atoms with Gasteiger partial charge in [0.2, 0.25) is 0 Å². The maximum Gasteiger partial charge on any atom is 0.306 e. The van der Waals surface area contributed by atoms with E-state index in [0.717, 1.165) is 38.5 Å². The molecule has 0 bridgehead atoms. The van der Waals surface area contributed by atoms with Crippen molar-refractivity contribution in [3.8, 4) is 0 Å². The van der Waals surface area contributed by atoms with Crippen molar-refractivity contribution < 1.29 is 42.9 Å². The van der Waals surface area contributed by atoms with Gasteiger partial charge in [-0.05, 0) is 12.8 Å². The van der Waals surface area contributed by atoms with Gasteiger partial charge >= 0.3 is 11.9 Å². The van der Waals surface area contributed by atoms with E-state index in [0.29, 0.717) is 17.4 Å². The van der Waals surface area contributed by atoms with Crippen LogP contribution >= 0.6 is 0 Å². The first kappa shape index (κ1) is 72.3. The van der Waals surface area contributed by atoms with E-state index in [1.807, 2.05) is 21.1 Å². The highest BCUT2D eigenvalue weighted by Gasteiger charge is 2.22. The Morgan fingerprint density at radius 1 is 0.351 bits per heavy atom. The Labute approximate surface area is 460 Å². The Morgan fingerprint density at radius 2 is 0.608 bits per heavy atom. The molecule has 0 rings (SSSR count). The summed E-state index contributed by atoms with van der Waals surface area (Å²) in [5, 5.41) is 11.8. The number of unbranched alkanes of at least 4 members (excludes halogenated alkanes) is 47. The van der Waals surface area contributed by atoms with Crippen LogP contribution in [0.3, 0.4) is 0 Å². The Bertz CT molecular complexity index is 1180. The van der Waals surface area contributed by atoms with Gasteiger partial charge in [0.25, 0.3) is 0 Å². The molecule has 0 saturated heterocycles. The number of quaternary nitrogens is 1. The van der Waals surface area contributed by atoms with E-state index in [9.17, 15) is 19.5 Å². The van der Waals surface area contributed by atoms with E-state index in [2.05, 4.69) is 13.8 Å². The third kappa shape index (κ3) is 58.0. The summed E-state index contributed by atoms with van der Waals surface area (Å²) in [5.74, 6) is -2.25. The number of nitrogens with zero attached hydrogens (tertiary/aromatic N) is 1. The molecule has 9 nitrogen and oxygen atoms in total. The Morgan fingerprint density at radius 3 is 0.865 bits per heavy atom. The summed E-state index contributed by atoms with van der Waals surface area (Å²) in [6.07, 6.45) is 63.2. The molecule has 0 aliphatic heterocycles. The van der Waals surface area contributed by atoms with Crippen molar-refractivity contribution >= 4 is 17.9 Å². The minimum Gasteiger partial charge on any atom is -0.545 e. The number of esters is 2. The van der Waals surface area contributed by atoms with Crippen molar-refractivity contribution in [3.63, 3.8) is 0 Å². The highest BCUT2D eigenvalue weighted by molar-refractivity contribution is 5.70. The number of aliphatic carboxylic acids is 1. The second-order valence-corrected chi connectivity index (χ2v) is 23.8. The van der Waals surface area contributed by atoms with Crippen molar-refractivity contribution in [1.82, 2.24) is 0 Å². The summed E-state index contributed by atoms with van der Waals surface area (Å²) in [7, 11) is 5.94. The topological polar surface area (TPSA) is 111 Å². The first-order chi connectivity index (χ1) is 36.1. The maximum atomic E-state index is 12.9. The van der Waals surface area contributed by atoms with E-state index in [1.165, 1.54) is 276 Å². The Kier molecular flexibility index (Phi) is 56.1. The molecule has 0 amide bonds. The van der Waals surface area contributed by atoms with Crippen LogP contribution in [0.15, 0.2) is 0 Å². The lowest BCUT2D eigenvalue weighted by atomic mass is 10.0. The van der Waals surface area contributed by atoms with Gasteiger partial charge in [-0.25, -0.2) is 0 Å². The molecular weight excluding hydrogens is 923 g/mol. The molecule has 0 spiro atoms. The summed E-state index contributed by atoms with van der Waals surface area (Å²) in [6, 6.07) is 0. The zero-order valence-electron chi connectivity index (χ0n) is 50.3. The van der Waals surface area contributed by atoms with Gasteiger partial charge in [-0.15, -0.1) is 0 Å². The molecule has 0 N–H and O–H groups in total. The Hall–Kier alpha value is -1.71. The van der Waals surface area contributed by atoms with Crippen LogP contribution in [0.4, 0.5) is 0 Å². The van der Waals surface area contributed by atoms with Gasteiger partial charge in [0, 0.05) is 12.8 Å².